The smallest absolute Gasteiger partial charge is 0.306 e. The highest BCUT2D eigenvalue weighted by atomic mass is 31.2. The van der Waals surface area contributed by atoms with Gasteiger partial charge >= 0.3 is 11.9 Å². The van der Waals surface area contributed by atoms with Crippen molar-refractivity contribution in [2.24, 2.45) is 0 Å². The van der Waals surface area contributed by atoms with Crippen molar-refractivity contribution < 1.29 is 42.1 Å². The Morgan fingerprint density at radius 2 is 0.824 bits per heavy atom. The lowest BCUT2D eigenvalue weighted by Gasteiger charge is -2.28. The molecule has 0 aromatic heterocycles. The van der Waals surface area contributed by atoms with E-state index in [2.05, 4.69) is 148 Å². The number of phosphoric acid groups is 1. The van der Waals surface area contributed by atoms with Crippen LogP contribution < -0.4 is 4.89 Å². The van der Waals surface area contributed by atoms with E-state index in [1.807, 2.05) is 33.3 Å². The van der Waals surface area contributed by atoms with E-state index in [9.17, 15) is 19.0 Å². The molecule has 0 aromatic rings. The SMILES string of the molecule is CC/C=C\C/C=C\C/C=C\C/C=C\C/C=C\C/C=C\C/C=C\C/C=C\CCCCCCCCC(=O)OC(COC(=O)CC/C=C\C/C=C\C/C=C\C/C=C\CC)COP(=O)([O-])OCC[N+](C)(C)C. The van der Waals surface area contributed by atoms with Crippen LogP contribution in [0, 0.1) is 0 Å². The first-order valence-electron chi connectivity index (χ1n) is 25.5. The van der Waals surface area contributed by atoms with Crippen LogP contribution >= 0.6 is 7.82 Å². The Kier molecular flexibility index (Phi) is 45.0. The topological polar surface area (TPSA) is 111 Å². The number of hydrogen-bond acceptors (Lipinski definition) is 8. The molecule has 0 bridgehead atoms. The Morgan fingerprint density at radius 3 is 1.24 bits per heavy atom. The summed E-state index contributed by atoms with van der Waals surface area (Å²) in [5, 5.41) is 0. The lowest BCUT2D eigenvalue weighted by molar-refractivity contribution is -0.870. The second-order valence-corrected chi connectivity index (χ2v) is 18.8. The molecule has 2 unspecified atom stereocenters. The van der Waals surface area contributed by atoms with Gasteiger partial charge in [-0.05, 0) is 103 Å². The zero-order chi connectivity index (χ0) is 49.9. The molecule has 0 aromatic carbocycles. The van der Waals surface area contributed by atoms with Gasteiger partial charge in [0.25, 0.3) is 7.82 Å². The molecule has 9 nitrogen and oxygen atoms in total. The molecule has 2 atom stereocenters. The fraction of sp³-hybridized carbons (Fsp3) is 0.552. The predicted octanol–water partition coefficient (Wildman–Crippen LogP) is 14.9. The van der Waals surface area contributed by atoms with Crippen LogP contribution in [0.4, 0.5) is 0 Å². The molecule has 382 valence electrons. The van der Waals surface area contributed by atoms with E-state index in [-0.39, 0.29) is 26.1 Å². The van der Waals surface area contributed by atoms with Crippen LogP contribution in [-0.4, -0.2) is 70.0 Å². The number of nitrogens with zero attached hydrogens (tertiary/aromatic N) is 1. The summed E-state index contributed by atoms with van der Waals surface area (Å²) in [6, 6.07) is 0. The number of carbonyl (C=O) groups is 2. The predicted molar refractivity (Wildman–Crippen MR) is 286 cm³/mol. The summed E-state index contributed by atoms with van der Waals surface area (Å²) in [5.74, 6) is -0.962. The molecule has 0 radical (unpaired) electrons. The minimum absolute atomic E-state index is 0.0534. The molecule has 0 heterocycles. The van der Waals surface area contributed by atoms with Crippen LogP contribution in [0.2, 0.25) is 0 Å². The molecular weight excluding hydrogens is 870 g/mol. The van der Waals surface area contributed by atoms with Crippen molar-refractivity contribution in [3.05, 3.63) is 146 Å². The minimum atomic E-state index is -4.66. The normalized spacial score (nSPS) is 14.6. The molecule has 0 N–H and O–H groups in total. The van der Waals surface area contributed by atoms with Gasteiger partial charge < -0.3 is 27.9 Å². The molecule has 0 aliphatic heterocycles. The lowest BCUT2D eigenvalue weighted by atomic mass is 10.1. The summed E-state index contributed by atoms with van der Waals surface area (Å²) in [5.41, 5.74) is 0. The molecule has 0 saturated heterocycles. The van der Waals surface area contributed by atoms with E-state index in [1.54, 1.807) is 0 Å². The molecule has 0 fully saturated rings. The van der Waals surface area contributed by atoms with Crippen molar-refractivity contribution in [2.45, 2.75) is 161 Å². The van der Waals surface area contributed by atoms with Gasteiger partial charge in [0, 0.05) is 12.8 Å². The van der Waals surface area contributed by atoms with Crippen molar-refractivity contribution in [3.8, 4) is 0 Å². The fourth-order valence-corrected chi connectivity index (χ4v) is 6.70. The van der Waals surface area contributed by atoms with Crippen LogP contribution in [0.15, 0.2) is 146 Å². The average Bonchev–Trinajstić information content (AvgIpc) is 3.30. The van der Waals surface area contributed by atoms with Gasteiger partial charge in [-0.1, -0.05) is 185 Å². The summed E-state index contributed by atoms with van der Waals surface area (Å²) in [6.07, 6.45) is 70.5. The third-order valence-corrected chi connectivity index (χ3v) is 10.8. The molecule has 0 spiro atoms. The third-order valence-electron chi connectivity index (χ3n) is 9.87. The van der Waals surface area contributed by atoms with Gasteiger partial charge in [-0.3, -0.25) is 14.2 Å². The number of esters is 2. The standard InChI is InChI=1S/C58H92NO8P/c1-6-8-10-12-14-16-18-20-21-22-23-24-25-26-27-28-29-30-31-32-33-34-35-36-37-39-41-43-45-47-49-51-58(61)67-56(55-66-68(62,63)65-53-52-59(3,4)5)54-64-57(60)50-48-46-44-42-40-38-19-17-15-13-11-9-7-2/h8-11,14-17,20-21,23-24,26-27,29-30,32-33,35-36,38,40,44,46,56H,6-7,12-13,18-19,22,25,28,31,34,37,39,41-43,45,47-55H2,1-5H3/b10-8-,11-9-,16-14-,17-15-,21-20-,24-23-,27-26-,30-29-,33-32-,36-35-,40-38-,46-44-. The Morgan fingerprint density at radius 1 is 0.456 bits per heavy atom. The van der Waals surface area contributed by atoms with Crippen LogP contribution in [-0.2, 0) is 32.7 Å². The van der Waals surface area contributed by atoms with Crippen LogP contribution in [0.25, 0.3) is 0 Å². The van der Waals surface area contributed by atoms with Gasteiger partial charge in [0.2, 0.25) is 0 Å². The summed E-state index contributed by atoms with van der Waals surface area (Å²) in [6.45, 7) is 3.86. The van der Waals surface area contributed by atoms with Crippen LogP contribution in [0.3, 0.4) is 0 Å². The summed E-state index contributed by atoms with van der Waals surface area (Å²) >= 11 is 0. The second-order valence-electron chi connectivity index (χ2n) is 17.4. The van der Waals surface area contributed by atoms with Crippen molar-refractivity contribution in [1.82, 2.24) is 0 Å². The quantitative estimate of drug-likeness (QED) is 0.0195. The molecule has 0 saturated carbocycles. The highest BCUT2D eigenvalue weighted by Crippen LogP contribution is 2.38. The monoisotopic (exact) mass is 962 g/mol. The maximum absolute atomic E-state index is 12.7. The Hall–Kier alpha value is -4.11. The third kappa shape index (κ3) is 51.3. The molecule has 0 amide bonds. The molecule has 68 heavy (non-hydrogen) atoms. The first-order chi connectivity index (χ1) is 33.0. The minimum Gasteiger partial charge on any atom is -0.756 e. The first kappa shape index (κ1) is 63.9. The van der Waals surface area contributed by atoms with Gasteiger partial charge in [-0.25, -0.2) is 0 Å². The van der Waals surface area contributed by atoms with Gasteiger partial charge in [-0.15, -0.1) is 0 Å². The van der Waals surface area contributed by atoms with Crippen molar-refractivity contribution in [3.63, 3.8) is 0 Å². The lowest BCUT2D eigenvalue weighted by Crippen LogP contribution is -2.37. The number of unbranched alkanes of at least 4 members (excludes halogenated alkanes) is 6. The Labute approximate surface area is 414 Å². The van der Waals surface area contributed by atoms with Crippen molar-refractivity contribution >= 4 is 19.8 Å². The van der Waals surface area contributed by atoms with Gasteiger partial charge in [0.1, 0.15) is 19.8 Å². The highest BCUT2D eigenvalue weighted by molar-refractivity contribution is 7.45. The molecule has 10 heteroatoms. The molecule has 0 aliphatic rings. The molecule has 0 aliphatic carbocycles. The summed E-state index contributed by atoms with van der Waals surface area (Å²) < 4.78 is 33.9. The van der Waals surface area contributed by atoms with Crippen LogP contribution in [0.5, 0.6) is 0 Å². The Balaban J connectivity index is 4.32. The number of rotatable bonds is 44. The number of carbonyl (C=O) groups excluding carboxylic acids is 2. The molecule has 0 rings (SSSR count). The van der Waals surface area contributed by atoms with Gasteiger partial charge in [0.05, 0.1) is 27.7 Å². The molecular formula is C58H92NO8P. The van der Waals surface area contributed by atoms with E-state index in [4.69, 9.17) is 18.5 Å². The highest BCUT2D eigenvalue weighted by Gasteiger charge is 2.21. The number of allylic oxidation sites excluding steroid dienone is 24. The average molecular weight is 962 g/mol. The number of hydrogen-bond donors (Lipinski definition) is 0. The second kappa shape index (κ2) is 47.9. The van der Waals surface area contributed by atoms with Gasteiger partial charge in [0.15, 0.2) is 6.10 Å². The number of likely N-dealkylation sites (N-methyl/N-ethyl adjacent to an activating group) is 1. The van der Waals surface area contributed by atoms with E-state index in [0.717, 1.165) is 116 Å². The fourth-order valence-electron chi connectivity index (χ4n) is 5.98. The zero-order valence-electron chi connectivity index (χ0n) is 43.0. The van der Waals surface area contributed by atoms with E-state index < -0.39 is 32.5 Å². The maximum atomic E-state index is 12.7. The van der Waals surface area contributed by atoms with Crippen LogP contribution in [0.1, 0.15) is 155 Å². The van der Waals surface area contributed by atoms with E-state index in [0.29, 0.717) is 23.9 Å². The van der Waals surface area contributed by atoms with Gasteiger partial charge in [-0.2, -0.15) is 0 Å². The largest absolute Gasteiger partial charge is 0.756 e. The zero-order valence-corrected chi connectivity index (χ0v) is 43.9. The maximum Gasteiger partial charge on any atom is 0.306 e. The number of phosphoric ester groups is 1. The summed E-state index contributed by atoms with van der Waals surface area (Å²) in [4.78, 5) is 37.6. The van der Waals surface area contributed by atoms with E-state index in [1.165, 1.54) is 0 Å². The number of ether oxygens (including phenoxy) is 2. The van der Waals surface area contributed by atoms with Crippen molar-refractivity contribution in [2.75, 3.05) is 47.5 Å². The Bertz CT molecular complexity index is 1650. The van der Waals surface area contributed by atoms with E-state index >= 15 is 0 Å². The summed E-state index contributed by atoms with van der Waals surface area (Å²) in [7, 11) is 1.09. The first-order valence-corrected chi connectivity index (χ1v) is 27.0. The number of quaternary nitrogens is 1. The van der Waals surface area contributed by atoms with Crippen molar-refractivity contribution in [1.29, 1.82) is 0 Å².